The molecule has 1 saturated heterocycles. The molecular formula is C16H30N2O. The Hall–Kier alpha value is -0.570. The topological polar surface area (TPSA) is 46.3 Å². The van der Waals surface area contributed by atoms with Gasteiger partial charge in [-0.15, -0.1) is 0 Å². The van der Waals surface area contributed by atoms with E-state index in [2.05, 4.69) is 18.7 Å². The van der Waals surface area contributed by atoms with Crippen LogP contribution in [0.25, 0.3) is 0 Å². The van der Waals surface area contributed by atoms with Gasteiger partial charge in [-0.25, -0.2) is 0 Å². The van der Waals surface area contributed by atoms with Crippen LogP contribution in [0.2, 0.25) is 0 Å². The molecule has 2 fully saturated rings. The van der Waals surface area contributed by atoms with Crippen LogP contribution in [0.3, 0.4) is 0 Å². The summed E-state index contributed by atoms with van der Waals surface area (Å²) in [7, 11) is 0. The number of carbonyl (C=O) groups excluding carboxylic acids is 1. The van der Waals surface area contributed by atoms with Gasteiger partial charge in [0.2, 0.25) is 5.91 Å². The van der Waals surface area contributed by atoms with E-state index in [1.165, 1.54) is 44.9 Å². The fourth-order valence-electron chi connectivity index (χ4n) is 3.76. The molecule has 0 aromatic heterocycles. The highest BCUT2D eigenvalue weighted by Crippen LogP contribution is 2.34. The minimum Gasteiger partial charge on any atom is -0.338 e. The van der Waals surface area contributed by atoms with Crippen LogP contribution < -0.4 is 5.73 Å². The van der Waals surface area contributed by atoms with Gasteiger partial charge in [0.15, 0.2) is 0 Å². The zero-order valence-corrected chi connectivity index (χ0v) is 12.6. The molecule has 19 heavy (non-hydrogen) atoms. The Morgan fingerprint density at radius 3 is 2.53 bits per heavy atom. The largest absolute Gasteiger partial charge is 0.338 e. The van der Waals surface area contributed by atoms with E-state index in [-0.39, 0.29) is 11.9 Å². The average molecular weight is 266 g/mol. The molecule has 2 rings (SSSR count). The number of hydrogen-bond donors (Lipinski definition) is 1. The number of nitrogens with zero attached hydrogens (tertiary/aromatic N) is 1. The van der Waals surface area contributed by atoms with Gasteiger partial charge < -0.3 is 10.6 Å². The van der Waals surface area contributed by atoms with Crippen molar-refractivity contribution in [1.82, 2.24) is 4.90 Å². The molecular weight excluding hydrogens is 236 g/mol. The highest BCUT2D eigenvalue weighted by Gasteiger charge is 2.37. The molecule has 1 amide bonds. The zero-order valence-electron chi connectivity index (χ0n) is 12.6. The molecule has 3 unspecified atom stereocenters. The number of rotatable bonds is 4. The molecule has 2 aliphatic rings. The molecule has 2 N–H and O–H groups in total. The third kappa shape index (κ3) is 3.31. The summed E-state index contributed by atoms with van der Waals surface area (Å²) in [6.07, 6.45) is 10.0. The van der Waals surface area contributed by atoms with E-state index in [9.17, 15) is 4.79 Å². The Kier molecular flexibility index (Phi) is 5.26. The summed E-state index contributed by atoms with van der Waals surface area (Å²) in [4.78, 5) is 14.7. The van der Waals surface area contributed by atoms with Crippen molar-refractivity contribution in [2.24, 2.45) is 17.6 Å². The van der Waals surface area contributed by atoms with E-state index < -0.39 is 0 Å². The molecule has 1 aliphatic carbocycles. The number of amides is 1. The molecule has 0 bridgehead atoms. The monoisotopic (exact) mass is 266 g/mol. The lowest BCUT2D eigenvalue weighted by molar-refractivity contribution is -0.135. The van der Waals surface area contributed by atoms with Crippen molar-refractivity contribution in [1.29, 1.82) is 0 Å². The van der Waals surface area contributed by atoms with Crippen LogP contribution in [-0.4, -0.2) is 29.4 Å². The predicted octanol–water partition coefficient (Wildman–Crippen LogP) is 2.93. The highest BCUT2D eigenvalue weighted by molar-refractivity contribution is 5.82. The summed E-state index contributed by atoms with van der Waals surface area (Å²) in [6, 6.07) is 0.192. The van der Waals surface area contributed by atoms with Gasteiger partial charge in [0, 0.05) is 12.6 Å². The van der Waals surface area contributed by atoms with Crippen molar-refractivity contribution >= 4 is 5.91 Å². The molecule has 3 nitrogen and oxygen atoms in total. The van der Waals surface area contributed by atoms with E-state index >= 15 is 0 Å². The van der Waals surface area contributed by atoms with Gasteiger partial charge in [-0.1, -0.05) is 39.5 Å². The van der Waals surface area contributed by atoms with E-state index in [4.69, 9.17) is 5.73 Å². The van der Waals surface area contributed by atoms with Crippen LogP contribution >= 0.6 is 0 Å². The second-order valence-corrected chi connectivity index (χ2v) is 6.55. The fraction of sp³-hybridized carbons (Fsp3) is 0.938. The average Bonchev–Trinajstić information content (AvgIpc) is 2.95. The van der Waals surface area contributed by atoms with E-state index in [1.54, 1.807) is 0 Å². The molecule has 1 aliphatic heterocycles. The second kappa shape index (κ2) is 6.74. The summed E-state index contributed by atoms with van der Waals surface area (Å²) in [6.45, 7) is 5.14. The highest BCUT2D eigenvalue weighted by atomic mass is 16.2. The lowest BCUT2D eigenvalue weighted by Crippen LogP contribution is -2.50. The molecule has 110 valence electrons. The van der Waals surface area contributed by atoms with Gasteiger partial charge in [0.05, 0.1) is 6.04 Å². The lowest BCUT2D eigenvalue weighted by Gasteiger charge is -2.36. The Bertz CT molecular complexity index is 299. The zero-order chi connectivity index (χ0) is 13.8. The summed E-state index contributed by atoms with van der Waals surface area (Å²) in [5.74, 6) is 1.24. The fourth-order valence-corrected chi connectivity index (χ4v) is 3.76. The first-order valence-corrected chi connectivity index (χ1v) is 8.21. The van der Waals surface area contributed by atoms with Crippen molar-refractivity contribution in [2.75, 3.05) is 6.54 Å². The van der Waals surface area contributed by atoms with Crippen LogP contribution in [0, 0.1) is 11.8 Å². The lowest BCUT2D eigenvalue weighted by atomic mass is 9.82. The van der Waals surface area contributed by atoms with E-state index in [0.717, 1.165) is 18.9 Å². The van der Waals surface area contributed by atoms with Crippen LogP contribution in [0.1, 0.15) is 65.2 Å². The van der Waals surface area contributed by atoms with Gasteiger partial charge in [-0.2, -0.15) is 0 Å². The first-order chi connectivity index (χ1) is 9.15. The van der Waals surface area contributed by atoms with Crippen molar-refractivity contribution in [3.8, 4) is 0 Å². The standard InChI is InChI=1S/C16H30N2O/c1-3-12(2)15(17)16(19)18-11-7-10-14(18)13-8-5-4-6-9-13/h12-15H,3-11,17H2,1-2H3. The normalized spacial score (nSPS) is 28.4. The van der Waals surface area contributed by atoms with Crippen LogP contribution in [0.4, 0.5) is 0 Å². The SMILES string of the molecule is CCC(C)C(N)C(=O)N1CCCC1C1CCCCC1. The first-order valence-electron chi connectivity index (χ1n) is 8.21. The molecule has 1 saturated carbocycles. The molecule has 3 atom stereocenters. The van der Waals surface area contributed by atoms with Gasteiger partial charge >= 0.3 is 0 Å². The summed E-state index contributed by atoms with van der Waals surface area (Å²) < 4.78 is 0. The van der Waals surface area contributed by atoms with Crippen molar-refractivity contribution in [3.63, 3.8) is 0 Å². The maximum atomic E-state index is 12.6. The molecule has 0 aromatic rings. The van der Waals surface area contributed by atoms with Crippen molar-refractivity contribution in [2.45, 2.75) is 77.3 Å². The Labute approximate surface area is 117 Å². The second-order valence-electron chi connectivity index (χ2n) is 6.55. The minimum absolute atomic E-state index is 0.211. The summed E-state index contributed by atoms with van der Waals surface area (Å²) in [5, 5.41) is 0. The third-order valence-corrected chi connectivity index (χ3v) is 5.32. The van der Waals surface area contributed by atoms with Crippen molar-refractivity contribution in [3.05, 3.63) is 0 Å². The molecule has 3 heteroatoms. The van der Waals surface area contributed by atoms with Crippen LogP contribution in [0.15, 0.2) is 0 Å². The van der Waals surface area contributed by atoms with Crippen LogP contribution in [-0.2, 0) is 4.79 Å². The smallest absolute Gasteiger partial charge is 0.240 e. The number of likely N-dealkylation sites (tertiary alicyclic amines) is 1. The van der Waals surface area contributed by atoms with Gasteiger partial charge in [0.1, 0.15) is 0 Å². The number of hydrogen-bond acceptors (Lipinski definition) is 2. The van der Waals surface area contributed by atoms with E-state index in [0.29, 0.717) is 12.0 Å². The maximum Gasteiger partial charge on any atom is 0.240 e. The summed E-state index contributed by atoms with van der Waals surface area (Å²) >= 11 is 0. The Morgan fingerprint density at radius 2 is 1.89 bits per heavy atom. The molecule has 1 heterocycles. The Morgan fingerprint density at radius 1 is 1.21 bits per heavy atom. The first kappa shape index (κ1) is 14.8. The Balaban J connectivity index is 1.99. The molecule has 0 aromatic carbocycles. The van der Waals surface area contributed by atoms with Gasteiger partial charge in [-0.3, -0.25) is 4.79 Å². The molecule has 0 spiro atoms. The van der Waals surface area contributed by atoms with Gasteiger partial charge in [-0.05, 0) is 37.5 Å². The maximum absolute atomic E-state index is 12.6. The third-order valence-electron chi connectivity index (χ3n) is 5.32. The van der Waals surface area contributed by atoms with Crippen LogP contribution in [0.5, 0.6) is 0 Å². The van der Waals surface area contributed by atoms with E-state index in [1.807, 2.05) is 0 Å². The number of nitrogens with two attached hydrogens (primary N) is 1. The quantitative estimate of drug-likeness (QED) is 0.850. The molecule has 0 radical (unpaired) electrons. The van der Waals surface area contributed by atoms with Gasteiger partial charge in [0.25, 0.3) is 0 Å². The number of carbonyl (C=O) groups is 1. The minimum atomic E-state index is -0.297. The van der Waals surface area contributed by atoms with Crippen molar-refractivity contribution < 1.29 is 4.79 Å². The predicted molar refractivity (Wildman–Crippen MR) is 78.7 cm³/mol. The summed E-state index contributed by atoms with van der Waals surface area (Å²) in [5.41, 5.74) is 6.15.